The third-order valence-corrected chi connectivity index (χ3v) is 2.99. The summed E-state index contributed by atoms with van der Waals surface area (Å²) < 4.78 is 41.5. The van der Waals surface area contributed by atoms with E-state index in [2.05, 4.69) is 0 Å². The minimum atomic E-state index is -4.16. The van der Waals surface area contributed by atoms with E-state index < -0.39 is 18.8 Å². The zero-order valence-corrected chi connectivity index (χ0v) is 10.7. The summed E-state index contributed by atoms with van der Waals surface area (Å²) in [7, 11) is 0. The van der Waals surface area contributed by atoms with Gasteiger partial charge < -0.3 is 4.74 Å². The number of hydrogen-bond acceptors (Lipinski definition) is 4. The van der Waals surface area contributed by atoms with Gasteiger partial charge in [0.2, 0.25) is 0 Å². The van der Waals surface area contributed by atoms with Gasteiger partial charge in [-0.25, -0.2) is 0 Å². The lowest BCUT2D eigenvalue weighted by molar-refractivity contribution is -0.156. The molecule has 7 heteroatoms. The Kier molecular flexibility index (Phi) is 5.40. The van der Waals surface area contributed by atoms with Gasteiger partial charge in [-0.15, -0.1) is 0 Å². The molecule has 1 heterocycles. The van der Waals surface area contributed by atoms with Crippen molar-refractivity contribution in [2.75, 3.05) is 39.3 Å². The fourth-order valence-electron chi connectivity index (χ4n) is 1.97. The van der Waals surface area contributed by atoms with Crippen molar-refractivity contribution in [3.8, 4) is 0 Å². The molecule has 1 aliphatic heterocycles. The Morgan fingerprint density at radius 3 is 2.28 bits per heavy atom. The molecule has 1 rings (SSSR count). The van der Waals surface area contributed by atoms with Gasteiger partial charge in [-0.05, 0) is 13.8 Å². The maximum atomic E-state index is 12.2. The van der Waals surface area contributed by atoms with Crippen molar-refractivity contribution in [2.45, 2.75) is 26.1 Å². The number of hydrogen-bond donors (Lipinski definition) is 0. The number of nitrogens with zero attached hydrogens (tertiary/aromatic N) is 2. The molecule has 1 fully saturated rings. The second kappa shape index (κ2) is 6.38. The van der Waals surface area contributed by atoms with Crippen LogP contribution >= 0.6 is 0 Å². The van der Waals surface area contributed by atoms with E-state index in [1.54, 1.807) is 13.8 Å². The van der Waals surface area contributed by atoms with Gasteiger partial charge in [0.1, 0.15) is 6.04 Å². The summed E-state index contributed by atoms with van der Waals surface area (Å²) in [4.78, 5) is 14.7. The van der Waals surface area contributed by atoms with Crippen LogP contribution in [0.15, 0.2) is 0 Å². The lowest BCUT2D eigenvalue weighted by atomic mass is 10.2. The van der Waals surface area contributed by atoms with Crippen molar-refractivity contribution >= 4 is 5.97 Å². The molecule has 0 amide bonds. The second-order valence-corrected chi connectivity index (χ2v) is 4.36. The van der Waals surface area contributed by atoms with Crippen LogP contribution in [0.3, 0.4) is 0 Å². The van der Waals surface area contributed by atoms with Crippen LogP contribution < -0.4 is 0 Å². The number of carbonyl (C=O) groups excluding carboxylic acids is 1. The number of piperazine rings is 1. The van der Waals surface area contributed by atoms with Crippen LogP contribution in [-0.2, 0) is 9.53 Å². The summed E-state index contributed by atoms with van der Waals surface area (Å²) in [6, 6.07) is -0.391. The van der Waals surface area contributed by atoms with Crippen LogP contribution in [0.1, 0.15) is 13.8 Å². The predicted molar refractivity (Wildman–Crippen MR) is 60.2 cm³/mol. The Bertz CT molecular complexity index is 276. The van der Waals surface area contributed by atoms with Crippen LogP contribution in [-0.4, -0.2) is 67.3 Å². The van der Waals surface area contributed by atoms with Crippen LogP contribution in [0, 0.1) is 0 Å². The Morgan fingerprint density at radius 2 is 1.83 bits per heavy atom. The molecular formula is C11H19F3N2O2. The first-order chi connectivity index (χ1) is 8.33. The van der Waals surface area contributed by atoms with E-state index in [1.807, 2.05) is 4.90 Å². The molecule has 0 radical (unpaired) electrons. The zero-order chi connectivity index (χ0) is 13.8. The zero-order valence-electron chi connectivity index (χ0n) is 10.7. The summed E-state index contributed by atoms with van der Waals surface area (Å²) in [5, 5.41) is 0. The smallest absolute Gasteiger partial charge is 0.401 e. The molecule has 1 unspecified atom stereocenters. The molecule has 0 aliphatic carbocycles. The van der Waals surface area contributed by atoms with Crippen molar-refractivity contribution in [3.05, 3.63) is 0 Å². The number of ether oxygens (including phenoxy) is 1. The average molecular weight is 268 g/mol. The molecule has 106 valence electrons. The Balaban J connectivity index is 2.37. The quantitative estimate of drug-likeness (QED) is 0.715. The molecule has 0 spiro atoms. The Labute approximate surface area is 105 Å². The maximum absolute atomic E-state index is 12.2. The van der Waals surface area contributed by atoms with Gasteiger partial charge in [0.15, 0.2) is 0 Å². The Hall–Kier alpha value is -0.820. The van der Waals surface area contributed by atoms with Gasteiger partial charge in [-0.1, -0.05) is 0 Å². The van der Waals surface area contributed by atoms with E-state index in [1.165, 1.54) is 4.90 Å². The van der Waals surface area contributed by atoms with Crippen molar-refractivity contribution in [2.24, 2.45) is 0 Å². The van der Waals surface area contributed by atoms with Crippen LogP contribution in [0.25, 0.3) is 0 Å². The number of carbonyl (C=O) groups is 1. The molecule has 0 aromatic heterocycles. The highest BCUT2D eigenvalue weighted by atomic mass is 19.4. The normalized spacial score (nSPS) is 20.7. The number of rotatable bonds is 4. The standard InChI is InChI=1S/C11H19F3N2O2/c1-3-18-10(17)9(2)16-6-4-15(5-7-16)8-11(12,13)14/h9H,3-8H2,1-2H3. The minimum Gasteiger partial charge on any atom is -0.465 e. The molecule has 0 bridgehead atoms. The summed E-state index contributed by atoms with van der Waals surface area (Å²) in [6.45, 7) is 4.44. The summed E-state index contributed by atoms with van der Waals surface area (Å²) in [6.07, 6.45) is -4.16. The molecule has 0 N–H and O–H groups in total. The molecule has 0 aromatic carbocycles. The lowest BCUT2D eigenvalue weighted by Crippen LogP contribution is -2.53. The molecule has 1 atom stereocenters. The molecule has 0 saturated carbocycles. The monoisotopic (exact) mass is 268 g/mol. The molecule has 18 heavy (non-hydrogen) atoms. The first-order valence-electron chi connectivity index (χ1n) is 6.03. The van der Waals surface area contributed by atoms with E-state index in [4.69, 9.17) is 4.74 Å². The summed E-state index contributed by atoms with van der Waals surface area (Å²) in [5.41, 5.74) is 0. The van der Waals surface area contributed by atoms with Gasteiger partial charge in [0.05, 0.1) is 13.2 Å². The number of halogens is 3. The number of alkyl halides is 3. The summed E-state index contributed by atoms with van der Waals surface area (Å²) >= 11 is 0. The van der Waals surface area contributed by atoms with Crippen LogP contribution in [0.2, 0.25) is 0 Å². The molecule has 1 aliphatic rings. The van der Waals surface area contributed by atoms with Gasteiger partial charge in [-0.3, -0.25) is 14.6 Å². The largest absolute Gasteiger partial charge is 0.465 e. The summed E-state index contributed by atoms with van der Waals surface area (Å²) in [5.74, 6) is -0.318. The highest BCUT2D eigenvalue weighted by Crippen LogP contribution is 2.18. The number of esters is 1. The fourth-order valence-corrected chi connectivity index (χ4v) is 1.97. The molecule has 0 aromatic rings. The van der Waals surface area contributed by atoms with Crippen LogP contribution in [0.5, 0.6) is 0 Å². The average Bonchev–Trinajstić information content (AvgIpc) is 2.27. The first kappa shape index (κ1) is 15.2. The molecule has 1 saturated heterocycles. The highest BCUT2D eigenvalue weighted by molar-refractivity contribution is 5.75. The van der Waals surface area contributed by atoms with E-state index in [0.29, 0.717) is 32.8 Å². The van der Waals surface area contributed by atoms with Gasteiger partial charge in [-0.2, -0.15) is 13.2 Å². The van der Waals surface area contributed by atoms with E-state index in [0.717, 1.165) is 0 Å². The molecular weight excluding hydrogens is 249 g/mol. The Morgan fingerprint density at radius 1 is 1.28 bits per heavy atom. The lowest BCUT2D eigenvalue weighted by Gasteiger charge is -2.37. The van der Waals surface area contributed by atoms with Crippen molar-refractivity contribution in [1.29, 1.82) is 0 Å². The maximum Gasteiger partial charge on any atom is 0.401 e. The second-order valence-electron chi connectivity index (χ2n) is 4.36. The van der Waals surface area contributed by atoms with Crippen molar-refractivity contribution in [3.63, 3.8) is 0 Å². The van der Waals surface area contributed by atoms with Crippen molar-refractivity contribution < 1.29 is 22.7 Å². The van der Waals surface area contributed by atoms with E-state index in [-0.39, 0.29) is 5.97 Å². The first-order valence-corrected chi connectivity index (χ1v) is 6.03. The third kappa shape index (κ3) is 4.81. The topological polar surface area (TPSA) is 32.8 Å². The fraction of sp³-hybridized carbons (Fsp3) is 0.909. The predicted octanol–water partition coefficient (Wildman–Crippen LogP) is 1.12. The highest BCUT2D eigenvalue weighted by Gasteiger charge is 2.33. The van der Waals surface area contributed by atoms with Gasteiger partial charge in [0.25, 0.3) is 0 Å². The van der Waals surface area contributed by atoms with Crippen LogP contribution in [0.4, 0.5) is 13.2 Å². The van der Waals surface area contributed by atoms with E-state index in [9.17, 15) is 18.0 Å². The minimum absolute atomic E-state index is 0.317. The SMILES string of the molecule is CCOC(=O)C(C)N1CCN(CC(F)(F)F)CC1. The van der Waals surface area contributed by atoms with E-state index >= 15 is 0 Å². The van der Waals surface area contributed by atoms with Gasteiger partial charge >= 0.3 is 12.1 Å². The molecule has 4 nitrogen and oxygen atoms in total. The van der Waals surface area contributed by atoms with Crippen molar-refractivity contribution in [1.82, 2.24) is 9.80 Å². The third-order valence-electron chi connectivity index (χ3n) is 2.99. The van der Waals surface area contributed by atoms with Gasteiger partial charge in [0, 0.05) is 26.2 Å².